The van der Waals surface area contributed by atoms with Gasteiger partial charge in [-0.25, -0.2) is 0 Å². The van der Waals surface area contributed by atoms with Crippen LogP contribution >= 0.6 is 28.6 Å². The first kappa shape index (κ1) is 12.7. The molecule has 0 N–H and O–H groups in total. The Balaban J connectivity index is 3.39. The van der Waals surface area contributed by atoms with E-state index in [1.54, 1.807) is 6.08 Å². The molecule has 0 nitrogen and oxygen atoms in total. The molecule has 3 heteroatoms. The predicted octanol–water partition coefficient (Wildman–Crippen LogP) is 3.18. The highest BCUT2D eigenvalue weighted by Crippen LogP contribution is 2.26. The Hall–Kier alpha value is -0.405. The number of benzene rings is 1. The molecule has 0 heterocycles. The van der Waals surface area contributed by atoms with Gasteiger partial charge >= 0.3 is 0 Å². The second kappa shape index (κ2) is 5.62. The zero-order valence-corrected chi connectivity index (χ0v) is 11.1. The van der Waals surface area contributed by atoms with Gasteiger partial charge in [-0.15, -0.1) is 0 Å². The number of allylic oxidation sites excluding steroid dienone is 2. The largest absolute Gasteiger partial charge is 0.175 e. The summed E-state index contributed by atoms with van der Waals surface area (Å²) in [5.41, 5.74) is 4.07. The maximum Gasteiger partial charge on any atom is 0.114 e. The second-order valence-electron chi connectivity index (χ2n) is 3.23. The van der Waals surface area contributed by atoms with Crippen molar-refractivity contribution in [2.45, 2.75) is 12.7 Å². The fraction of sp³-hybridized carbons (Fsp3) is 0.167. The van der Waals surface area contributed by atoms with Crippen LogP contribution in [-0.4, -0.2) is 7.85 Å². The van der Waals surface area contributed by atoms with Crippen molar-refractivity contribution in [1.82, 2.24) is 0 Å². The van der Waals surface area contributed by atoms with Gasteiger partial charge in [0, 0.05) is 10.2 Å². The molecule has 1 aromatic rings. The van der Waals surface area contributed by atoms with Crippen LogP contribution in [0.15, 0.2) is 29.3 Å². The van der Waals surface area contributed by atoms with Gasteiger partial charge in [-0.3, -0.25) is 0 Å². The smallest absolute Gasteiger partial charge is 0.114 e. The lowest BCUT2D eigenvalue weighted by molar-refractivity contribution is 1.35. The first-order valence-corrected chi connectivity index (χ1v) is 6.01. The van der Waals surface area contributed by atoms with Gasteiger partial charge in [-0.05, 0) is 39.5 Å². The van der Waals surface area contributed by atoms with Crippen LogP contribution in [0.2, 0.25) is 0 Å². The lowest BCUT2D eigenvalue weighted by Gasteiger charge is -2.12. The van der Waals surface area contributed by atoms with Gasteiger partial charge in [-0.1, -0.05) is 36.3 Å². The summed E-state index contributed by atoms with van der Waals surface area (Å²) in [6.45, 7) is 5.66. The van der Waals surface area contributed by atoms with Gasteiger partial charge in [0.15, 0.2) is 0 Å². The van der Waals surface area contributed by atoms with Crippen LogP contribution in [0.3, 0.4) is 0 Å². The molecule has 0 fully saturated rings. The van der Waals surface area contributed by atoms with E-state index in [0.717, 1.165) is 26.6 Å². The van der Waals surface area contributed by atoms with Crippen molar-refractivity contribution in [3.05, 3.63) is 46.0 Å². The molecule has 0 atom stereocenters. The summed E-state index contributed by atoms with van der Waals surface area (Å²) in [5, 5.41) is 0. The molecule has 1 rings (SSSR count). The van der Waals surface area contributed by atoms with E-state index in [0.29, 0.717) is 5.75 Å². The van der Waals surface area contributed by atoms with Gasteiger partial charge in [0.1, 0.15) is 7.85 Å². The molecule has 0 bridgehead atoms. The van der Waals surface area contributed by atoms with E-state index < -0.39 is 0 Å². The summed E-state index contributed by atoms with van der Waals surface area (Å²) < 4.78 is 1.06. The summed E-state index contributed by atoms with van der Waals surface area (Å²) in [6.07, 6.45) is 5.64. The molecule has 0 saturated heterocycles. The van der Waals surface area contributed by atoms with Crippen LogP contribution in [0.1, 0.15) is 16.7 Å². The van der Waals surface area contributed by atoms with Crippen molar-refractivity contribution >= 4 is 47.9 Å². The summed E-state index contributed by atoms with van der Waals surface area (Å²) in [4.78, 5) is 0. The third kappa shape index (κ3) is 2.79. The van der Waals surface area contributed by atoms with E-state index in [4.69, 9.17) is 7.85 Å². The zero-order chi connectivity index (χ0) is 11.4. The van der Waals surface area contributed by atoms with E-state index >= 15 is 0 Å². The first-order valence-electron chi connectivity index (χ1n) is 4.59. The van der Waals surface area contributed by atoms with Crippen molar-refractivity contribution in [2.75, 3.05) is 0 Å². The molecule has 2 radical (unpaired) electrons. The monoisotopic (exact) mass is 278 g/mol. The third-order valence-electron chi connectivity index (χ3n) is 2.25. The van der Waals surface area contributed by atoms with Gasteiger partial charge in [0.05, 0.1) is 0 Å². The predicted molar refractivity (Wildman–Crippen MR) is 76.2 cm³/mol. The maximum absolute atomic E-state index is 5.92. The average molecular weight is 279 g/mol. The average Bonchev–Trinajstić information content (AvgIpc) is 2.23. The number of hydrogen-bond donors (Lipinski definition) is 1. The van der Waals surface area contributed by atoms with Crippen LogP contribution in [0, 0.1) is 6.92 Å². The van der Waals surface area contributed by atoms with Crippen molar-refractivity contribution in [3.8, 4) is 0 Å². The van der Waals surface area contributed by atoms with Gasteiger partial charge < -0.3 is 0 Å². The van der Waals surface area contributed by atoms with Crippen LogP contribution in [0.4, 0.5) is 0 Å². The Labute approximate surface area is 106 Å². The van der Waals surface area contributed by atoms with Gasteiger partial charge in [0.25, 0.3) is 0 Å². The molecule has 0 unspecified atom stereocenters. The van der Waals surface area contributed by atoms with Crippen molar-refractivity contribution in [2.24, 2.45) is 0 Å². The highest BCUT2D eigenvalue weighted by atomic mass is 79.9. The summed E-state index contributed by atoms with van der Waals surface area (Å²) in [6, 6.07) is 1.96. The zero-order valence-electron chi connectivity index (χ0n) is 8.63. The van der Waals surface area contributed by atoms with Crippen molar-refractivity contribution < 1.29 is 0 Å². The van der Waals surface area contributed by atoms with E-state index in [1.165, 1.54) is 0 Å². The van der Waals surface area contributed by atoms with E-state index in [9.17, 15) is 0 Å². The fourth-order valence-corrected chi connectivity index (χ4v) is 2.48. The fourth-order valence-electron chi connectivity index (χ4n) is 1.33. The number of thiol groups is 1. The van der Waals surface area contributed by atoms with E-state index in [1.807, 2.05) is 25.1 Å². The molecular formula is C12H12BBrS. The summed E-state index contributed by atoms with van der Waals surface area (Å²) in [5.74, 6) is 0.667. The minimum atomic E-state index is 0.667. The van der Waals surface area contributed by atoms with E-state index in [2.05, 4.69) is 35.1 Å². The Morgan fingerprint density at radius 1 is 1.60 bits per heavy atom. The first-order chi connectivity index (χ1) is 7.11. The normalized spacial score (nSPS) is 10.9. The van der Waals surface area contributed by atoms with Crippen molar-refractivity contribution in [1.29, 1.82) is 0 Å². The molecule has 0 aromatic heterocycles. The molecule has 0 aliphatic carbocycles. The standard InChI is InChI=1S/C12H12BBrS/c1-3-4-5-10-8(2)11(13)6-9(7-15)12(10)14/h3-6,15H,1,7H2,2H3/b5-4-. The topological polar surface area (TPSA) is 0 Å². The quantitative estimate of drug-likeness (QED) is 0.490. The SMILES string of the molecule is [B]c1cc(CS)c(Br)c(/C=C\C=C)c1C. The molecule has 0 saturated carbocycles. The molecule has 0 aliphatic heterocycles. The Morgan fingerprint density at radius 2 is 2.27 bits per heavy atom. The Morgan fingerprint density at radius 3 is 2.80 bits per heavy atom. The van der Waals surface area contributed by atoms with Crippen LogP contribution in [-0.2, 0) is 5.75 Å². The second-order valence-corrected chi connectivity index (χ2v) is 4.34. The van der Waals surface area contributed by atoms with Gasteiger partial charge in [0.2, 0.25) is 0 Å². The number of halogens is 1. The highest BCUT2D eigenvalue weighted by molar-refractivity contribution is 9.10. The van der Waals surface area contributed by atoms with Crippen LogP contribution < -0.4 is 5.46 Å². The Bertz CT molecular complexity index is 411. The number of rotatable bonds is 3. The van der Waals surface area contributed by atoms with E-state index in [-0.39, 0.29) is 0 Å². The number of hydrogen-bond acceptors (Lipinski definition) is 1. The lowest BCUT2D eigenvalue weighted by atomic mass is 9.86. The molecule has 1 aromatic carbocycles. The molecule has 0 spiro atoms. The molecule has 15 heavy (non-hydrogen) atoms. The maximum atomic E-state index is 5.92. The minimum Gasteiger partial charge on any atom is -0.175 e. The Kier molecular flexibility index (Phi) is 4.74. The molecule has 76 valence electrons. The summed E-state index contributed by atoms with van der Waals surface area (Å²) in [7, 11) is 5.92. The van der Waals surface area contributed by atoms with Crippen LogP contribution in [0.5, 0.6) is 0 Å². The minimum absolute atomic E-state index is 0.667. The highest BCUT2D eigenvalue weighted by Gasteiger charge is 2.07. The van der Waals surface area contributed by atoms with Crippen LogP contribution in [0.25, 0.3) is 6.08 Å². The molecule has 0 aliphatic rings. The lowest BCUT2D eigenvalue weighted by Crippen LogP contribution is -2.11. The van der Waals surface area contributed by atoms with Gasteiger partial charge in [-0.2, -0.15) is 12.6 Å². The van der Waals surface area contributed by atoms with Crippen molar-refractivity contribution in [3.63, 3.8) is 0 Å². The third-order valence-corrected chi connectivity index (χ3v) is 3.53. The summed E-state index contributed by atoms with van der Waals surface area (Å²) >= 11 is 7.84. The molecular weight excluding hydrogens is 267 g/mol. The molecule has 0 amide bonds.